The Labute approximate surface area is 470 Å². The molecule has 1 amide bonds. The summed E-state index contributed by atoms with van der Waals surface area (Å²) >= 11 is 0. The van der Waals surface area contributed by atoms with Crippen LogP contribution in [0.25, 0.3) is 0 Å². The zero-order valence-corrected chi connectivity index (χ0v) is 51.1. The summed E-state index contributed by atoms with van der Waals surface area (Å²) in [4.78, 5) is 25.6. The monoisotopic (exact) mass is 1080 g/mol. The van der Waals surface area contributed by atoms with Gasteiger partial charge in [-0.15, -0.1) is 0 Å². The molecule has 2 N–H and O–H groups in total. The molecule has 8 nitrogen and oxygen atoms in total. The highest BCUT2D eigenvalue weighted by molar-refractivity contribution is 7.45. The number of carbonyl (C=O) groups excluding carboxylic acids is 1. The van der Waals surface area contributed by atoms with Crippen LogP contribution in [0.15, 0.2) is 97.2 Å². The van der Waals surface area contributed by atoms with Gasteiger partial charge in [-0.05, 0) is 89.9 Å². The number of likely N-dealkylation sites (N-methyl/N-ethyl adjacent to an activating group) is 1. The van der Waals surface area contributed by atoms with E-state index in [0.29, 0.717) is 17.4 Å². The fraction of sp³-hybridized carbons (Fsp3) is 0.746. The van der Waals surface area contributed by atoms with E-state index in [1.165, 1.54) is 173 Å². The summed E-state index contributed by atoms with van der Waals surface area (Å²) in [5.74, 6) is -0.214. The molecule has 0 rings (SSSR count). The molecule has 0 aliphatic carbocycles. The van der Waals surface area contributed by atoms with Crippen LogP contribution in [-0.4, -0.2) is 68.5 Å². The van der Waals surface area contributed by atoms with E-state index in [-0.39, 0.29) is 12.5 Å². The fourth-order valence-electron chi connectivity index (χ4n) is 8.86. The molecule has 0 fully saturated rings. The average molecular weight is 1080 g/mol. The van der Waals surface area contributed by atoms with Gasteiger partial charge in [0.2, 0.25) is 5.91 Å². The maximum absolute atomic E-state index is 13.0. The smallest absolute Gasteiger partial charge is 0.268 e. The fourth-order valence-corrected chi connectivity index (χ4v) is 9.58. The highest BCUT2D eigenvalue weighted by Crippen LogP contribution is 2.38. The molecule has 0 radical (unpaired) electrons. The second-order valence-corrected chi connectivity index (χ2v) is 23.8. The van der Waals surface area contributed by atoms with Gasteiger partial charge in [0.25, 0.3) is 7.82 Å². The topological polar surface area (TPSA) is 108 Å². The lowest BCUT2D eigenvalue weighted by Crippen LogP contribution is -2.45. The van der Waals surface area contributed by atoms with E-state index < -0.39 is 26.6 Å². The molecule has 0 aliphatic heterocycles. The van der Waals surface area contributed by atoms with Crippen molar-refractivity contribution >= 4 is 13.7 Å². The van der Waals surface area contributed by atoms with Crippen molar-refractivity contribution in [2.75, 3.05) is 40.9 Å². The first kappa shape index (κ1) is 73.4. The van der Waals surface area contributed by atoms with E-state index in [0.717, 1.165) is 77.0 Å². The van der Waals surface area contributed by atoms with E-state index in [9.17, 15) is 19.4 Å². The summed E-state index contributed by atoms with van der Waals surface area (Å²) in [6.45, 7) is 4.52. The molecule has 9 heteroatoms. The molecule has 3 unspecified atom stereocenters. The number of hydrogen-bond acceptors (Lipinski definition) is 6. The standard InChI is InChI=1S/C67H121N2O6P/c1-6-8-10-12-14-16-18-20-22-24-26-28-30-32-33-34-35-37-39-41-43-45-47-49-51-53-55-57-59-61-67(71)68-65(64-75-76(72,73)74-63-62-69(3,4)5)66(70)60-58-56-54-52-50-48-46-44-42-40-38-36-31-29-27-25-23-21-19-17-15-13-11-9-7-2/h8,10,14,16,20,22,26,28,32-33,42,44,50,52,58,60,65-66,70H,6-7,9,11-13,15,17-19,21,23-25,27,29-31,34-41,43,45-49,51,53-57,59,61-64H2,1-5H3,(H-,68,71,72,73)/b10-8-,16-14-,22-20-,28-26-,33-32-,44-42+,52-50+,60-58+. The molecule has 0 aromatic heterocycles. The number of phosphoric ester groups is 1. The van der Waals surface area contributed by atoms with Crippen LogP contribution in [0.4, 0.5) is 0 Å². The van der Waals surface area contributed by atoms with Crippen molar-refractivity contribution in [1.29, 1.82) is 0 Å². The lowest BCUT2D eigenvalue weighted by atomic mass is 10.0. The van der Waals surface area contributed by atoms with Crippen molar-refractivity contribution in [3.8, 4) is 0 Å². The Bertz CT molecular complexity index is 1560. The number of amides is 1. The molecule has 76 heavy (non-hydrogen) atoms. The summed E-state index contributed by atoms with van der Waals surface area (Å²) in [5, 5.41) is 13.9. The average Bonchev–Trinajstić information content (AvgIpc) is 3.38. The van der Waals surface area contributed by atoms with Crippen molar-refractivity contribution in [2.24, 2.45) is 0 Å². The largest absolute Gasteiger partial charge is 0.756 e. The van der Waals surface area contributed by atoms with Crippen LogP contribution in [0, 0.1) is 0 Å². The van der Waals surface area contributed by atoms with Gasteiger partial charge in [0, 0.05) is 6.42 Å². The highest BCUT2D eigenvalue weighted by atomic mass is 31.2. The normalized spacial score (nSPS) is 14.5. The number of unbranched alkanes of at least 4 members (excludes halogenated alkanes) is 30. The Morgan fingerprint density at radius 3 is 1.22 bits per heavy atom. The van der Waals surface area contributed by atoms with E-state index in [2.05, 4.69) is 104 Å². The predicted octanol–water partition coefficient (Wildman–Crippen LogP) is 19.1. The van der Waals surface area contributed by atoms with Gasteiger partial charge in [0.05, 0.1) is 39.9 Å². The summed E-state index contributed by atoms with van der Waals surface area (Å²) < 4.78 is 23.4. The number of nitrogens with zero attached hydrogens (tertiary/aromatic N) is 1. The molecule has 3 atom stereocenters. The first-order valence-corrected chi connectivity index (χ1v) is 33.1. The lowest BCUT2D eigenvalue weighted by Gasteiger charge is -2.29. The van der Waals surface area contributed by atoms with Crippen LogP contribution in [0.2, 0.25) is 0 Å². The lowest BCUT2D eigenvalue weighted by molar-refractivity contribution is -0.870. The Morgan fingerprint density at radius 1 is 0.474 bits per heavy atom. The highest BCUT2D eigenvalue weighted by Gasteiger charge is 2.23. The van der Waals surface area contributed by atoms with Crippen molar-refractivity contribution in [2.45, 2.75) is 283 Å². The Morgan fingerprint density at radius 2 is 0.816 bits per heavy atom. The van der Waals surface area contributed by atoms with E-state index in [1.54, 1.807) is 6.08 Å². The number of hydrogen-bond donors (Lipinski definition) is 2. The van der Waals surface area contributed by atoms with Gasteiger partial charge in [-0.3, -0.25) is 9.36 Å². The van der Waals surface area contributed by atoms with Crippen molar-refractivity contribution in [3.63, 3.8) is 0 Å². The van der Waals surface area contributed by atoms with Crippen molar-refractivity contribution < 1.29 is 32.9 Å². The quantitative estimate of drug-likeness (QED) is 0.0272. The second kappa shape index (κ2) is 57.1. The van der Waals surface area contributed by atoms with Gasteiger partial charge in [0.1, 0.15) is 13.2 Å². The Balaban J connectivity index is 4.22. The maximum atomic E-state index is 13.0. The van der Waals surface area contributed by atoms with Crippen molar-refractivity contribution in [1.82, 2.24) is 5.32 Å². The Kier molecular flexibility index (Phi) is 55.2. The number of phosphoric acid groups is 1. The number of rotatable bonds is 57. The number of nitrogens with one attached hydrogen (secondary N) is 1. The van der Waals surface area contributed by atoms with Crippen LogP contribution in [0.3, 0.4) is 0 Å². The van der Waals surface area contributed by atoms with Crippen molar-refractivity contribution in [3.05, 3.63) is 97.2 Å². The van der Waals surface area contributed by atoms with E-state index in [1.807, 2.05) is 27.2 Å². The third-order valence-electron chi connectivity index (χ3n) is 13.8. The first-order valence-electron chi connectivity index (χ1n) is 31.6. The zero-order chi connectivity index (χ0) is 55.6. The predicted molar refractivity (Wildman–Crippen MR) is 329 cm³/mol. The molecule has 0 spiro atoms. The molecular formula is C67H121N2O6P. The van der Waals surface area contributed by atoms with E-state index >= 15 is 0 Å². The maximum Gasteiger partial charge on any atom is 0.268 e. The Hall–Kier alpha value is -2.58. The first-order chi connectivity index (χ1) is 37.0. The number of quaternary nitrogens is 1. The van der Waals surface area contributed by atoms with Crippen LogP contribution in [-0.2, 0) is 18.4 Å². The summed E-state index contributed by atoms with van der Waals surface area (Å²) in [7, 11) is 1.23. The SMILES string of the molecule is CC/C=C\C/C=C\C/C=C\C/C=C\C/C=C\CCCCCCCCCCCCCCCC(=O)NC(COP(=O)([O-])OCC[N+](C)(C)C)C(O)/C=C/CC/C=C/CC/C=C/CCCCCCCCCCCCCCCCC. The zero-order valence-electron chi connectivity index (χ0n) is 50.2. The van der Waals surface area contributed by atoms with Crippen LogP contribution in [0.1, 0.15) is 271 Å². The van der Waals surface area contributed by atoms with Gasteiger partial charge >= 0.3 is 0 Å². The molecule has 0 aromatic carbocycles. The summed E-state index contributed by atoms with van der Waals surface area (Å²) in [6.07, 6.45) is 82.2. The molecular weight excluding hydrogens is 960 g/mol. The molecule has 0 heterocycles. The van der Waals surface area contributed by atoms with Gasteiger partial charge in [-0.2, -0.15) is 0 Å². The third kappa shape index (κ3) is 59.1. The van der Waals surface area contributed by atoms with Crippen LogP contribution >= 0.6 is 7.82 Å². The van der Waals surface area contributed by atoms with E-state index in [4.69, 9.17) is 9.05 Å². The molecule has 0 saturated carbocycles. The summed E-state index contributed by atoms with van der Waals surface area (Å²) in [5.41, 5.74) is 0. The van der Waals surface area contributed by atoms with Gasteiger partial charge < -0.3 is 28.8 Å². The van der Waals surface area contributed by atoms with Crippen LogP contribution < -0.4 is 10.2 Å². The molecule has 0 saturated heterocycles. The minimum absolute atomic E-state index is 0.0129. The number of carbonyl (C=O) groups is 1. The van der Waals surface area contributed by atoms with Crippen LogP contribution in [0.5, 0.6) is 0 Å². The number of aliphatic hydroxyl groups excluding tert-OH is 1. The molecule has 0 bridgehead atoms. The third-order valence-corrected chi connectivity index (χ3v) is 14.7. The minimum Gasteiger partial charge on any atom is -0.756 e. The van der Waals surface area contributed by atoms with Gasteiger partial charge in [-0.1, -0.05) is 272 Å². The summed E-state index contributed by atoms with van der Waals surface area (Å²) in [6, 6.07) is -0.917. The number of allylic oxidation sites excluding steroid dienone is 15. The molecule has 0 aromatic rings. The van der Waals surface area contributed by atoms with Gasteiger partial charge in [0.15, 0.2) is 0 Å². The second-order valence-electron chi connectivity index (χ2n) is 22.4. The molecule has 0 aliphatic rings. The molecule has 440 valence electrons. The minimum atomic E-state index is -4.62. The number of aliphatic hydroxyl groups is 1. The van der Waals surface area contributed by atoms with Gasteiger partial charge in [-0.25, -0.2) is 0 Å².